The summed E-state index contributed by atoms with van der Waals surface area (Å²) in [5, 5.41) is 3.64. The monoisotopic (exact) mass is 471 g/mol. The zero-order valence-corrected chi connectivity index (χ0v) is 19.8. The molecule has 6 nitrogen and oxygen atoms in total. The Morgan fingerprint density at radius 3 is 2.76 bits per heavy atom. The van der Waals surface area contributed by atoms with Gasteiger partial charge in [-0.15, -0.1) is 0 Å². The van der Waals surface area contributed by atoms with Crippen molar-refractivity contribution in [2.45, 2.75) is 83.3 Å². The summed E-state index contributed by atoms with van der Waals surface area (Å²) in [5.41, 5.74) is 0.398. The lowest BCUT2D eigenvalue weighted by atomic mass is 10.00. The Kier molecular flexibility index (Phi) is 9.12. The van der Waals surface area contributed by atoms with Gasteiger partial charge in [0.1, 0.15) is 0 Å². The van der Waals surface area contributed by atoms with Gasteiger partial charge in [0.2, 0.25) is 5.91 Å². The molecule has 3 heterocycles. The molecular formula is C24H36F3N3O3. The average molecular weight is 472 g/mol. The largest absolute Gasteiger partial charge is 0.417 e. The molecule has 0 aromatic carbocycles. The summed E-state index contributed by atoms with van der Waals surface area (Å²) in [6.45, 7) is 6.23. The molecule has 4 atom stereocenters. The van der Waals surface area contributed by atoms with Crippen LogP contribution in [0.25, 0.3) is 0 Å². The Hall–Kier alpha value is -1.71. The van der Waals surface area contributed by atoms with Crippen LogP contribution in [0.15, 0.2) is 12.3 Å². The molecule has 9 heteroatoms. The number of hydrogen-bond acceptors (Lipinski definition) is 5. The third-order valence-electron chi connectivity index (χ3n) is 6.52. The molecule has 33 heavy (non-hydrogen) atoms. The first-order valence-corrected chi connectivity index (χ1v) is 12.0. The molecule has 1 unspecified atom stereocenters. The van der Waals surface area contributed by atoms with Crippen LogP contribution in [0.3, 0.4) is 0 Å². The van der Waals surface area contributed by atoms with Gasteiger partial charge in [-0.2, -0.15) is 13.2 Å². The fourth-order valence-electron chi connectivity index (χ4n) is 4.82. The van der Waals surface area contributed by atoms with Gasteiger partial charge in [-0.25, -0.2) is 0 Å². The number of hydrogen-bond donors (Lipinski definition) is 1. The quantitative estimate of drug-likeness (QED) is 0.720. The van der Waals surface area contributed by atoms with Gasteiger partial charge in [0.25, 0.3) is 0 Å². The molecule has 186 valence electrons. The van der Waals surface area contributed by atoms with Crippen molar-refractivity contribution in [2.75, 3.05) is 26.9 Å². The van der Waals surface area contributed by atoms with Crippen molar-refractivity contribution in [1.82, 2.24) is 15.2 Å². The fraction of sp³-hybridized carbons (Fsp3) is 0.750. The van der Waals surface area contributed by atoms with Gasteiger partial charge < -0.3 is 19.7 Å². The van der Waals surface area contributed by atoms with Crippen molar-refractivity contribution < 1.29 is 27.4 Å². The highest BCUT2D eigenvalue weighted by Gasteiger charge is 2.37. The van der Waals surface area contributed by atoms with Crippen LogP contribution in [-0.2, 0) is 33.4 Å². The lowest BCUT2D eigenvalue weighted by Crippen LogP contribution is -2.50. The molecule has 0 bridgehead atoms. The van der Waals surface area contributed by atoms with Crippen LogP contribution in [0.4, 0.5) is 13.2 Å². The molecule has 0 radical (unpaired) electrons. The first kappa shape index (κ1) is 25.9. The second-order valence-electron chi connectivity index (χ2n) is 9.16. The summed E-state index contributed by atoms with van der Waals surface area (Å²) in [6.07, 6.45) is 1.54. The Morgan fingerprint density at radius 2 is 2.06 bits per heavy atom. The van der Waals surface area contributed by atoms with Gasteiger partial charge in [0, 0.05) is 63.1 Å². The van der Waals surface area contributed by atoms with Gasteiger partial charge in [-0.1, -0.05) is 20.3 Å². The van der Waals surface area contributed by atoms with Crippen LogP contribution in [0.5, 0.6) is 0 Å². The number of fused-ring (bicyclic) bond motifs is 1. The molecular weight excluding hydrogens is 435 g/mol. The zero-order chi connectivity index (χ0) is 24.0. The Morgan fingerprint density at radius 1 is 1.30 bits per heavy atom. The van der Waals surface area contributed by atoms with Crippen molar-refractivity contribution in [3.05, 3.63) is 29.1 Å². The van der Waals surface area contributed by atoms with Crippen LogP contribution >= 0.6 is 0 Å². The fourth-order valence-corrected chi connectivity index (χ4v) is 4.82. The van der Waals surface area contributed by atoms with Crippen LogP contribution in [-0.4, -0.2) is 60.8 Å². The van der Waals surface area contributed by atoms with E-state index in [1.807, 2.05) is 0 Å². The van der Waals surface area contributed by atoms with E-state index in [1.54, 1.807) is 12.0 Å². The van der Waals surface area contributed by atoms with Gasteiger partial charge in [-0.3, -0.25) is 9.78 Å². The maximum absolute atomic E-state index is 13.1. The average Bonchev–Trinajstić information content (AvgIpc) is 3.26. The first-order valence-electron chi connectivity index (χ1n) is 12.0. The lowest BCUT2D eigenvalue weighted by molar-refractivity contribution is -0.137. The Balaban J connectivity index is 0.000000968. The van der Waals surface area contributed by atoms with Crippen molar-refractivity contribution in [1.29, 1.82) is 0 Å². The maximum Gasteiger partial charge on any atom is 0.417 e. The van der Waals surface area contributed by atoms with Crippen molar-refractivity contribution in [3.63, 3.8) is 0 Å². The second-order valence-corrected chi connectivity index (χ2v) is 9.16. The predicted molar refractivity (Wildman–Crippen MR) is 119 cm³/mol. The number of ether oxygens (including phenoxy) is 2. The molecule has 1 saturated carbocycles. The number of aromatic nitrogens is 1. The van der Waals surface area contributed by atoms with Gasteiger partial charge >= 0.3 is 6.18 Å². The number of amides is 1. The SMILES string of the molecule is CCC.COC1COCC[C@@H]1N[C@@H]1CC[C@H](C(=O)N2CCc3ncc(C(F)(F)F)cc3C2)C1. The number of carbonyl (C=O) groups excluding carboxylic acids is 1. The summed E-state index contributed by atoms with van der Waals surface area (Å²) in [5.74, 6) is -0.0544. The van der Waals surface area contributed by atoms with Gasteiger partial charge in [-0.05, 0) is 37.3 Å². The number of nitrogens with zero attached hydrogens (tertiary/aromatic N) is 2. The second kappa shape index (κ2) is 11.6. The van der Waals surface area contributed by atoms with E-state index in [4.69, 9.17) is 9.47 Å². The molecule has 0 spiro atoms. The summed E-state index contributed by atoms with van der Waals surface area (Å²) >= 11 is 0. The number of alkyl halides is 3. The molecule has 2 aliphatic heterocycles. The van der Waals surface area contributed by atoms with E-state index in [9.17, 15) is 18.0 Å². The van der Waals surface area contributed by atoms with Crippen molar-refractivity contribution in [3.8, 4) is 0 Å². The molecule has 1 N–H and O–H groups in total. The Bertz CT molecular complexity index is 790. The highest BCUT2D eigenvalue weighted by Crippen LogP contribution is 2.33. The van der Waals surface area contributed by atoms with Crippen LogP contribution in [0.2, 0.25) is 0 Å². The number of methoxy groups -OCH3 is 1. The lowest BCUT2D eigenvalue weighted by Gasteiger charge is -2.33. The van der Waals surface area contributed by atoms with E-state index >= 15 is 0 Å². The first-order chi connectivity index (χ1) is 15.8. The normalized spacial score (nSPS) is 27.5. The van der Waals surface area contributed by atoms with Crippen molar-refractivity contribution in [2.24, 2.45) is 5.92 Å². The highest BCUT2D eigenvalue weighted by molar-refractivity contribution is 5.79. The van der Waals surface area contributed by atoms with E-state index < -0.39 is 11.7 Å². The third kappa shape index (κ3) is 6.67. The van der Waals surface area contributed by atoms with Gasteiger partial charge in [0.05, 0.1) is 18.3 Å². The summed E-state index contributed by atoms with van der Waals surface area (Å²) in [7, 11) is 1.68. The minimum atomic E-state index is -4.43. The molecule has 3 aliphatic rings. The summed E-state index contributed by atoms with van der Waals surface area (Å²) < 4.78 is 50.0. The molecule has 2 fully saturated rings. The molecule has 1 aromatic heterocycles. The van der Waals surface area contributed by atoms with Crippen LogP contribution < -0.4 is 5.32 Å². The predicted octanol–water partition coefficient (Wildman–Crippen LogP) is 3.96. The molecule has 1 aromatic rings. The zero-order valence-electron chi connectivity index (χ0n) is 19.8. The Labute approximate surface area is 194 Å². The van der Waals surface area contributed by atoms with E-state index in [2.05, 4.69) is 24.1 Å². The van der Waals surface area contributed by atoms with Crippen LogP contribution in [0.1, 0.15) is 62.8 Å². The van der Waals surface area contributed by atoms with Gasteiger partial charge in [0.15, 0.2) is 0 Å². The highest BCUT2D eigenvalue weighted by atomic mass is 19.4. The smallest absolute Gasteiger partial charge is 0.379 e. The molecule has 1 aliphatic carbocycles. The number of halogens is 3. The van der Waals surface area contributed by atoms with E-state index in [1.165, 1.54) is 6.42 Å². The topological polar surface area (TPSA) is 63.7 Å². The minimum absolute atomic E-state index is 0.0161. The van der Waals surface area contributed by atoms with E-state index in [-0.39, 0.29) is 36.6 Å². The maximum atomic E-state index is 13.1. The summed E-state index contributed by atoms with van der Waals surface area (Å²) in [4.78, 5) is 18.7. The minimum Gasteiger partial charge on any atom is -0.379 e. The summed E-state index contributed by atoms with van der Waals surface area (Å²) in [6, 6.07) is 1.60. The third-order valence-corrected chi connectivity index (χ3v) is 6.52. The number of pyridine rings is 1. The molecule has 1 amide bonds. The number of rotatable bonds is 4. The molecule has 1 saturated heterocycles. The molecule has 4 rings (SSSR count). The number of nitrogens with one attached hydrogen (secondary N) is 1. The number of carbonyl (C=O) groups is 1. The van der Waals surface area contributed by atoms with E-state index in [0.29, 0.717) is 37.4 Å². The van der Waals surface area contributed by atoms with Crippen molar-refractivity contribution >= 4 is 5.91 Å². The van der Waals surface area contributed by atoms with Crippen LogP contribution in [0, 0.1) is 5.92 Å². The van der Waals surface area contributed by atoms with E-state index in [0.717, 1.165) is 37.9 Å². The standard InChI is InChI=1S/C21H28F3N3O3.C3H8/c1-29-19-12-30-7-5-18(19)26-16-3-2-13(9-16)20(28)27-6-4-17-14(11-27)8-15(10-25-17)21(22,23)24;1-3-2/h8,10,13,16,18-19,26H,2-7,9,11-12H2,1H3;3H2,1-2H3/t13-,16+,18-,19?;/m0./s1.